The molecule has 164 valence electrons. The summed E-state index contributed by atoms with van der Waals surface area (Å²) < 4.78 is 83.3. The Bertz CT molecular complexity index is 842. The van der Waals surface area contributed by atoms with Crippen molar-refractivity contribution in [3.8, 4) is 11.9 Å². The second-order valence-corrected chi connectivity index (χ2v) is 6.32. The average molecular weight is 504 g/mol. The molecule has 0 aliphatic heterocycles. The van der Waals surface area contributed by atoms with Gasteiger partial charge in [-0.1, -0.05) is 0 Å². The average Bonchev–Trinajstić information content (AvgIpc) is 2.63. The van der Waals surface area contributed by atoms with Crippen LogP contribution in [0.25, 0.3) is 0 Å². The van der Waals surface area contributed by atoms with E-state index >= 15 is 0 Å². The number of hydrogen-bond donors (Lipinski definition) is 1. The number of carbonyl (C=O) groups is 1. The standard InChI is InChI=1S/C15H12BrF6N5O3/c1-27(8-2-3-9(16)23-5-8)13(28)25-10-4-11(29-6-14(17,18)19)26-12(24-10)30-7-15(20,21)22/h2-5H,6-7H2,1H3,(H,24,25,26,28). The Labute approximate surface area is 173 Å². The third-order valence-corrected chi connectivity index (χ3v) is 3.54. The third-order valence-electron chi connectivity index (χ3n) is 3.07. The van der Waals surface area contributed by atoms with Crippen LogP contribution in [-0.4, -0.2) is 53.6 Å². The van der Waals surface area contributed by atoms with Crippen molar-refractivity contribution in [1.29, 1.82) is 0 Å². The van der Waals surface area contributed by atoms with Gasteiger partial charge in [-0.3, -0.25) is 10.2 Å². The van der Waals surface area contributed by atoms with Crippen molar-refractivity contribution < 1.29 is 40.6 Å². The highest BCUT2D eigenvalue weighted by Crippen LogP contribution is 2.24. The number of alkyl halides is 6. The van der Waals surface area contributed by atoms with E-state index in [9.17, 15) is 31.1 Å². The first-order valence-corrected chi connectivity index (χ1v) is 8.56. The molecule has 0 radical (unpaired) electrons. The maximum atomic E-state index is 12.3. The van der Waals surface area contributed by atoms with E-state index in [1.165, 1.54) is 19.3 Å². The van der Waals surface area contributed by atoms with Gasteiger partial charge in [0.25, 0.3) is 0 Å². The first kappa shape index (κ1) is 23.4. The predicted molar refractivity (Wildman–Crippen MR) is 94.5 cm³/mol. The van der Waals surface area contributed by atoms with Gasteiger partial charge in [0, 0.05) is 13.1 Å². The fraction of sp³-hybridized carbons (Fsp3) is 0.333. The largest absolute Gasteiger partial charge is 0.468 e. The van der Waals surface area contributed by atoms with E-state index in [1.54, 1.807) is 6.07 Å². The molecular weight excluding hydrogens is 492 g/mol. The van der Waals surface area contributed by atoms with Crippen LogP contribution < -0.4 is 19.7 Å². The van der Waals surface area contributed by atoms with Gasteiger partial charge >= 0.3 is 24.4 Å². The van der Waals surface area contributed by atoms with Crippen LogP contribution in [0.5, 0.6) is 11.9 Å². The zero-order chi connectivity index (χ0) is 22.5. The third kappa shape index (κ3) is 7.88. The minimum atomic E-state index is -4.75. The first-order chi connectivity index (χ1) is 13.8. The molecule has 2 rings (SSSR count). The summed E-state index contributed by atoms with van der Waals surface area (Å²) in [5, 5.41) is 2.20. The smallest absolute Gasteiger partial charge is 0.422 e. The van der Waals surface area contributed by atoms with Crippen molar-refractivity contribution in [3.05, 3.63) is 29.0 Å². The summed E-state index contributed by atoms with van der Waals surface area (Å²) in [6, 6.07) is 2.14. The van der Waals surface area contributed by atoms with Crippen LogP contribution in [0.1, 0.15) is 0 Å². The monoisotopic (exact) mass is 503 g/mol. The van der Waals surface area contributed by atoms with Crippen molar-refractivity contribution in [2.24, 2.45) is 0 Å². The summed E-state index contributed by atoms with van der Waals surface area (Å²) in [7, 11) is 1.35. The molecule has 15 heteroatoms. The Hall–Kier alpha value is -2.84. The Morgan fingerprint density at radius 1 is 1.10 bits per heavy atom. The van der Waals surface area contributed by atoms with E-state index < -0.39 is 49.3 Å². The van der Waals surface area contributed by atoms with E-state index in [1.807, 2.05) is 0 Å². The summed E-state index contributed by atoms with van der Waals surface area (Å²) in [4.78, 5) is 24.2. The number of amides is 2. The van der Waals surface area contributed by atoms with Gasteiger partial charge in [0.2, 0.25) is 5.88 Å². The molecule has 2 aromatic rings. The number of rotatable bonds is 6. The molecule has 30 heavy (non-hydrogen) atoms. The Morgan fingerprint density at radius 2 is 1.73 bits per heavy atom. The summed E-state index contributed by atoms with van der Waals surface area (Å²) in [5.74, 6) is -1.19. The first-order valence-electron chi connectivity index (χ1n) is 7.77. The van der Waals surface area contributed by atoms with E-state index in [0.717, 1.165) is 11.0 Å². The lowest BCUT2D eigenvalue weighted by Crippen LogP contribution is -2.31. The Balaban J connectivity index is 2.20. The minimum absolute atomic E-state index is 0.340. The molecule has 8 nitrogen and oxygen atoms in total. The zero-order valence-electron chi connectivity index (χ0n) is 14.9. The number of aromatic nitrogens is 3. The SMILES string of the molecule is CN(C(=O)Nc1cc(OCC(F)(F)F)nc(OCC(F)(F)F)n1)c1ccc(Br)nc1. The predicted octanol–water partition coefficient (Wildman–Crippen LogP) is 4.18. The molecule has 0 bridgehead atoms. The van der Waals surface area contributed by atoms with E-state index in [4.69, 9.17) is 0 Å². The van der Waals surface area contributed by atoms with Crippen LogP contribution >= 0.6 is 15.9 Å². The van der Waals surface area contributed by atoms with Crippen LogP contribution in [0.4, 0.5) is 42.6 Å². The molecule has 0 aliphatic rings. The molecule has 0 saturated carbocycles. The lowest BCUT2D eigenvalue weighted by molar-refractivity contribution is -0.155. The molecule has 0 fully saturated rings. The number of nitrogens with zero attached hydrogens (tertiary/aromatic N) is 4. The van der Waals surface area contributed by atoms with Gasteiger partial charge in [0.05, 0.1) is 11.9 Å². The van der Waals surface area contributed by atoms with E-state index in [2.05, 4.69) is 45.7 Å². The highest BCUT2D eigenvalue weighted by Gasteiger charge is 2.30. The second-order valence-electron chi connectivity index (χ2n) is 5.51. The zero-order valence-corrected chi connectivity index (χ0v) is 16.5. The molecule has 2 aromatic heterocycles. The number of hydrogen-bond acceptors (Lipinski definition) is 6. The summed E-state index contributed by atoms with van der Waals surface area (Å²) in [6.45, 7) is -3.56. The van der Waals surface area contributed by atoms with Crippen molar-refractivity contribution >= 4 is 33.5 Å². The Morgan fingerprint density at radius 3 is 2.30 bits per heavy atom. The normalized spacial score (nSPS) is 11.7. The molecule has 0 spiro atoms. The summed E-state index contributed by atoms with van der Waals surface area (Å²) in [5.41, 5.74) is 0.340. The number of anilines is 2. The van der Waals surface area contributed by atoms with Gasteiger partial charge in [-0.15, -0.1) is 0 Å². The number of pyridine rings is 1. The number of urea groups is 1. The highest BCUT2D eigenvalue weighted by atomic mass is 79.9. The van der Waals surface area contributed by atoms with Crippen LogP contribution in [-0.2, 0) is 0 Å². The lowest BCUT2D eigenvalue weighted by Gasteiger charge is -2.18. The summed E-state index contributed by atoms with van der Waals surface area (Å²) in [6.07, 6.45) is -8.13. The van der Waals surface area contributed by atoms with Crippen LogP contribution in [0.2, 0.25) is 0 Å². The molecule has 2 amide bonds. The van der Waals surface area contributed by atoms with Crippen LogP contribution in [0.3, 0.4) is 0 Å². The molecule has 0 aromatic carbocycles. The molecule has 0 unspecified atom stereocenters. The molecule has 2 heterocycles. The van der Waals surface area contributed by atoms with Gasteiger partial charge in [-0.2, -0.15) is 36.3 Å². The van der Waals surface area contributed by atoms with Crippen LogP contribution in [0.15, 0.2) is 29.0 Å². The fourth-order valence-electron chi connectivity index (χ4n) is 1.79. The summed E-state index contributed by atoms with van der Waals surface area (Å²) >= 11 is 3.12. The van der Waals surface area contributed by atoms with Gasteiger partial charge in [0.1, 0.15) is 10.4 Å². The fourth-order valence-corrected chi connectivity index (χ4v) is 2.02. The molecule has 0 saturated heterocycles. The van der Waals surface area contributed by atoms with Gasteiger partial charge in [0.15, 0.2) is 13.2 Å². The van der Waals surface area contributed by atoms with Gasteiger partial charge in [-0.25, -0.2) is 9.78 Å². The maximum absolute atomic E-state index is 12.3. The lowest BCUT2D eigenvalue weighted by atomic mass is 10.4. The quantitative estimate of drug-likeness (QED) is 0.469. The van der Waals surface area contributed by atoms with E-state index in [-0.39, 0.29) is 0 Å². The van der Waals surface area contributed by atoms with Crippen molar-refractivity contribution in [2.45, 2.75) is 12.4 Å². The number of nitrogens with one attached hydrogen (secondary N) is 1. The van der Waals surface area contributed by atoms with Crippen molar-refractivity contribution in [3.63, 3.8) is 0 Å². The second kappa shape index (κ2) is 9.32. The van der Waals surface area contributed by atoms with Gasteiger partial charge < -0.3 is 9.47 Å². The molecule has 0 aliphatic carbocycles. The number of ether oxygens (including phenoxy) is 2. The van der Waals surface area contributed by atoms with Gasteiger partial charge in [-0.05, 0) is 28.1 Å². The molecular formula is C15H12BrF6N5O3. The van der Waals surface area contributed by atoms with Crippen molar-refractivity contribution in [2.75, 3.05) is 30.5 Å². The van der Waals surface area contributed by atoms with E-state index in [0.29, 0.717) is 10.3 Å². The molecule has 0 atom stereocenters. The highest BCUT2D eigenvalue weighted by molar-refractivity contribution is 9.10. The maximum Gasteiger partial charge on any atom is 0.422 e. The Kier molecular flexibility index (Phi) is 7.28. The molecule has 1 N–H and O–H groups in total. The minimum Gasteiger partial charge on any atom is -0.468 e. The van der Waals surface area contributed by atoms with Crippen LogP contribution in [0, 0.1) is 0 Å². The number of carbonyl (C=O) groups excluding carboxylic acids is 1. The van der Waals surface area contributed by atoms with Crippen molar-refractivity contribution in [1.82, 2.24) is 15.0 Å². The number of halogens is 7. The topological polar surface area (TPSA) is 89.5 Å².